The van der Waals surface area contributed by atoms with E-state index >= 15 is 0 Å². The van der Waals surface area contributed by atoms with Crippen LogP contribution in [0.2, 0.25) is 0 Å². The number of esters is 1. The van der Waals surface area contributed by atoms with Gasteiger partial charge in [-0.1, -0.05) is 26.2 Å². The van der Waals surface area contributed by atoms with Crippen LogP contribution in [-0.4, -0.2) is 19.8 Å². The number of ether oxygens (including phenoxy) is 1. The Labute approximate surface area is 91.2 Å². The maximum absolute atomic E-state index is 12.5. The van der Waals surface area contributed by atoms with Gasteiger partial charge in [0.15, 0.2) is 0 Å². The quantitative estimate of drug-likeness (QED) is 0.675. The molecule has 0 spiro atoms. The summed E-state index contributed by atoms with van der Waals surface area (Å²) in [7, 11) is 1.43. The molecule has 0 bridgehead atoms. The first-order chi connectivity index (χ1) is 7.14. The lowest BCUT2D eigenvalue weighted by atomic mass is 9.69. The first kappa shape index (κ1) is 12.5. The van der Waals surface area contributed by atoms with Crippen molar-refractivity contribution in [3.63, 3.8) is 0 Å². The van der Waals surface area contributed by atoms with Gasteiger partial charge in [-0.3, -0.25) is 9.18 Å². The molecule has 0 radical (unpaired) electrons. The number of alkyl halides is 1. The van der Waals surface area contributed by atoms with E-state index < -0.39 is 5.41 Å². The summed E-state index contributed by atoms with van der Waals surface area (Å²) >= 11 is 0. The van der Waals surface area contributed by atoms with Crippen molar-refractivity contribution in [1.82, 2.24) is 0 Å². The number of hydrogen-bond donors (Lipinski definition) is 0. The van der Waals surface area contributed by atoms with Crippen molar-refractivity contribution >= 4 is 5.97 Å². The van der Waals surface area contributed by atoms with Crippen molar-refractivity contribution < 1.29 is 13.9 Å². The van der Waals surface area contributed by atoms with E-state index in [0.717, 1.165) is 25.7 Å². The average Bonchev–Trinajstić information content (AvgIpc) is 2.29. The Kier molecular flexibility index (Phi) is 4.55. The van der Waals surface area contributed by atoms with Gasteiger partial charge in [0.2, 0.25) is 0 Å². The maximum atomic E-state index is 12.5. The Balaban J connectivity index is 2.70. The minimum Gasteiger partial charge on any atom is -0.469 e. The third-order valence-corrected chi connectivity index (χ3v) is 3.43. The Morgan fingerprint density at radius 2 is 2.00 bits per heavy atom. The highest BCUT2D eigenvalue weighted by molar-refractivity contribution is 5.76. The third kappa shape index (κ3) is 2.93. The molecule has 1 saturated carbocycles. The third-order valence-electron chi connectivity index (χ3n) is 3.43. The SMILES string of the molecule is COC(=O)C1(CC(C)CF)CCCCC1. The second-order valence-electron chi connectivity index (χ2n) is 4.80. The zero-order valence-electron chi connectivity index (χ0n) is 9.72. The molecule has 0 amide bonds. The minimum atomic E-state index is -0.390. The molecule has 1 aliphatic rings. The van der Waals surface area contributed by atoms with Crippen molar-refractivity contribution in [3.8, 4) is 0 Å². The maximum Gasteiger partial charge on any atom is 0.311 e. The molecule has 1 aliphatic carbocycles. The Morgan fingerprint density at radius 3 is 2.47 bits per heavy atom. The van der Waals surface area contributed by atoms with Crippen LogP contribution in [0, 0.1) is 11.3 Å². The van der Waals surface area contributed by atoms with Crippen LogP contribution >= 0.6 is 0 Å². The molecule has 3 heteroatoms. The number of hydrogen-bond acceptors (Lipinski definition) is 2. The van der Waals surface area contributed by atoms with E-state index in [4.69, 9.17) is 4.74 Å². The highest BCUT2D eigenvalue weighted by Crippen LogP contribution is 2.42. The van der Waals surface area contributed by atoms with Gasteiger partial charge in [-0.05, 0) is 25.2 Å². The van der Waals surface area contributed by atoms with Crippen molar-refractivity contribution in [2.24, 2.45) is 11.3 Å². The summed E-state index contributed by atoms with van der Waals surface area (Å²) in [6, 6.07) is 0. The van der Waals surface area contributed by atoms with Gasteiger partial charge in [0.05, 0.1) is 19.2 Å². The lowest BCUT2D eigenvalue weighted by Crippen LogP contribution is -2.36. The van der Waals surface area contributed by atoms with Gasteiger partial charge in [-0.25, -0.2) is 0 Å². The molecular formula is C12H21FO2. The molecule has 0 aromatic heterocycles. The molecule has 1 rings (SSSR count). The van der Waals surface area contributed by atoms with Crippen LogP contribution in [0.1, 0.15) is 45.4 Å². The molecule has 0 saturated heterocycles. The summed E-state index contributed by atoms with van der Waals surface area (Å²) in [5, 5.41) is 0. The fraction of sp³-hybridized carbons (Fsp3) is 0.917. The molecule has 88 valence electrons. The molecule has 15 heavy (non-hydrogen) atoms. The minimum absolute atomic E-state index is 0.0396. The lowest BCUT2D eigenvalue weighted by molar-refractivity contribution is -0.156. The molecule has 0 heterocycles. The Morgan fingerprint density at radius 1 is 1.40 bits per heavy atom. The summed E-state index contributed by atoms with van der Waals surface area (Å²) in [4.78, 5) is 11.8. The fourth-order valence-electron chi connectivity index (χ4n) is 2.66. The van der Waals surface area contributed by atoms with Crippen molar-refractivity contribution in [1.29, 1.82) is 0 Å². The largest absolute Gasteiger partial charge is 0.469 e. The van der Waals surface area contributed by atoms with Crippen LogP contribution < -0.4 is 0 Å². The van der Waals surface area contributed by atoms with Gasteiger partial charge >= 0.3 is 5.97 Å². The predicted molar refractivity (Wildman–Crippen MR) is 57.3 cm³/mol. The zero-order valence-corrected chi connectivity index (χ0v) is 9.72. The summed E-state index contributed by atoms with van der Waals surface area (Å²) in [5.74, 6) is -0.176. The van der Waals surface area contributed by atoms with E-state index in [1.54, 1.807) is 0 Å². The molecule has 1 unspecified atom stereocenters. The van der Waals surface area contributed by atoms with Gasteiger partial charge in [0.1, 0.15) is 0 Å². The predicted octanol–water partition coefficient (Wildman–Crippen LogP) is 3.11. The molecule has 0 aromatic carbocycles. The van der Waals surface area contributed by atoms with E-state index in [2.05, 4.69) is 0 Å². The fourth-order valence-corrected chi connectivity index (χ4v) is 2.66. The second kappa shape index (κ2) is 5.47. The van der Waals surface area contributed by atoms with Crippen molar-refractivity contribution in [2.75, 3.05) is 13.8 Å². The van der Waals surface area contributed by atoms with E-state index in [9.17, 15) is 9.18 Å². The van der Waals surface area contributed by atoms with E-state index in [1.165, 1.54) is 13.5 Å². The number of carbonyl (C=O) groups excluding carboxylic acids is 1. The first-order valence-corrected chi connectivity index (χ1v) is 5.79. The molecule has 1 atom stereocenters. The van der Waals surface area contributed by atoms with E-state index in [0.29, 0.717) is 6.42 Å². The average molecular weight is 216 g/mol. The van der Waals surface area contributed by atoms with Crippen LogP contribution in [0.5, 0.6) is 0 Å². The van der Waals surface area contributed by atoms with Crippen molar-refractivity contribution in [2.45, 2.75) is 45.4 Å². The molecule has 0 N–H and O–H groups in total. The van der Waals surface area contributed by atoms with Crippen LogP contribution in [0.15, 0.2) is 0 Å². The number of methoxy groups -OCH3 is 1. The van der Waals surface area contributed by atoms with E-state index in [-0.39, 0.29) is 18.6 Å². The highest BCUT2D eigenvalue weighted by Gasteiger charge is 2.41. The molecular weight excluding hydrogens is 195 g/mol. The van der Waals surface area contributed by atoms with Crippen molar-refractivity contribution in [3.05, 3.63) is 0 Å². The lowest BCUT2D eigenvalue weighted by Gasteiger charge is -2.35. The van der Waals surface area contributed by atoms with Crippen LogP contribution in [0.4, 0.5) is 4.39 Å². The topological polar surface area (TPSA) is 26.3 Å². The monoisotopic (exact) mass is 216 g/mol. The Bertz CT molecular complexity index is 210. The molecule has 0 aliphatic heterocycles. The molecule has 2 nitrogen and oxygen atoms in total. The zero-order chi connectivity index (χ0) is 11.3. The van der Waals surface area contributed by atoms with Gasteiger partial charge in [0.25, 0.3) is 0 Å². The van der Waals surface area contributed by atoms with Gasteiger partial charge < -0.3 is 4.74 Å². The Hall–Kier alpha value is -0.600. The van der Waals surface area contributed by atoms with Gasteiger partial charge in [-0.15, -0.1) is 0 Å². The number of halogens is 1. The standard InChI is InChI=1S/C12H21FO2/c1-10(9-13)8-12(11(14)15-2)6-4-3-5-7-12/h10H,3-9H2,1-2H3. The van der Waals surface area contributed by atoms with E-state index in [1.807, 2.05) is 6.92 Å². The first-order valence-electron chi connectivity index (χ1n) is 5.79. The van der Waals surface area contributed by atoms with Gasteiger partial charge in [0, 0.05) is 0 Å². The summed E-state index contributed by atoms with van der Waals surface area (Å²) < 4.78 is 17.4. The highest BCUT2D eigenvalue weighted by atomic mass is 19.1. The normalized spacial score (nSPS) is 22.1. The molecule has 0 aromatic rings. The van der Waals surface area contributed by atoms with Gasteiger partial charge in [-0.2, -0.15) is 0 Å². The van der Waals surface area contributed by atoms with Crippen LogP contribution in [-0.2, 0) is 9.53 Å². The van der Waals surface area contributed by atoms with Crippen LogP contribution in [0.25, 0.3) is 0 Å². The summed E-state index contributed by atoms with van der Waals surface area (Å²) in [6.45, 7) is 1.51. The van der Waals surface area contributed by atoms with Crippen LogP contribution in [0.3, 0.4) is 0 Å². The smallest absolute Gasteiger partial charge is 0.311 e. The number of rotatable bonds is 4. The second-order valence-corrected chi connectivity index (χ2v) is 4.80. The summed E-state index contributed by atoms with van der Waals surface area (Å²) in [6.07, 6.45) is 5.68. The summed E-state index contributed by atoms with van der Waals surface area (Å²) in [5.41, 5.74) is -0.390. The molecule has 1 fully saturated rings. The number of carbonyl (C=O) groups is 1.